The molecule has 0 aliphatic heterocycles. The van der Waals surface area contributed by atoms with Gasteiger partial charge >= 0.3 is 0 Å². The van der Waals surface area contributed by atoms with Gasteiger partial charge in [-0.1, -0.05) is 0 Å². The van der Waals surface area contributed by atoms with Crippen LogP contribution in [0.1, 0.15) is 31.3 Å². The molecule has 23 heavy (non-hydrogen) atoms. The summed E-state index contributed by atoms with van der Waals surface area (Å²) in [6.07, 6.45) is 0. The lowest BCUT2D eigenvalue weighted by Crippen LogP contribution is -2.27. The molecule has 2 rings (SSSR count). The van der Waals surface area contributed by atoms with Gasteiger partial charge in [0.25, 0.3) is 5.91 Å². The second kappa shape index (κ2) is 6.23. The lowest BCUT2D eigenvalue weighted by atomic mass is 10.1. The topological polar surface area (TPSA) is 66.9 Å². The van der Waals surface area contributed by atoms with Crippen molar-refractivity contribution in [3.05, 3.63) is 47.4 Å². The van der Waals surface area contributed by atoms with E-state index in [1.165, 1.54) is 12.1 Å². The molecule has 0 fully saturated rings. The zero-order valence-electron chi connectivity index (χ0n) is 12.7. The summed E-state index contributed by atoms with van der Waals surface area (Å²) >= 11 is 0. The highest BCUT2D eigenvalue weighted by atomic mass is 19.2. The van der Waals surface area contributed by atoms with Crippen LogP contribution < -0.4 is 10.6 Å². The van der Waals surface area contributed by atoms with Crippen LogP contribution in [0.4, 0.5) is 24.7 Å². The molecule has 8 heteroatoms. The summed E-state index contributed by atoms with van der Waals surface area (Å²) in [7, 11) is 0. The van der Waals surface area contributed by atoms with Crippen LogP contribution in [-0.4, -0.2) is 21.6 Å². The van der Waals surface area contributed by atoms with E-state index in [1.807, 2.05) is 20.8 Å². The van der Waals surface area contributed by atoms with E-state index in [1.54, 1.807) is 0 Å². The summed E-state index contributed by atoms with van der Waals surface area (Å²) in [5.41, 5.74) is -0.797. The molecule has 0 aliphatic rings. The molecular weight excluding hydrogens is 309 g/mol. The summed E-state index contributed by atoms with van der Waals surface area (Å²) in [6.45, 7) is 5.80. The van der Waals surface area contributed by atoms with E-state index in [9.17, 15) is 18.0 Å². The zero-order valence-corrected chi connectivity index (χ0v) is 12.7. The van der Waals surface area contributed by atoms with Gasteiger partial charge in [-0.05, 0) is 45.0 Å². The standard InChI is InChI=1S/C15H15F3N4O/c1-15(2,3)20-11-7-6-10(21-22-11)14(23)19-9-5-4-8(16)12(17)13(9)18/h4-7H,1-3H3,(H,19,23)(H,20,22). The van der Waals surface area contributed by atoms with E-state index in [-0.39, 0.29) is 11.2 Å². The van der Waals surface area contributed by atoms with Crippen LogP contribution in [0.15, 0.2) is 24.3 Å². The van der Waals surface area contributed by atoms with E-state index in [0.29, 0.717) is 5.82 Å². The molecule has 1 aromatic carbocycles. The molecule has 0 saturated heterocycles. The summed E-state index contributed by atoms with van der Waals surface area (Å²) in [5, 5.41) is 12.7. The highest BCUT2D eigenvalue weighted by molar-refractivity contribution is 6.02. The first-order chi connectivity index (χ1) is 10.7. The molecule has 0 spiro atoms. The molecule has 0 saturated carbocycles. The predicted octanol–water partition coefficient (Wildman–Crippen LogP) is 3.36. The number of benzene rings is 1. The van der Waals surface area contributed by atoms with Crippen LogP contribution >= 0.6 is 0 Å². The Morgan fingerprint density at radius 2 is 1.70 bits per heavy atom. The third-order valence-corrected chi connectivity index (χ3v) is 2.68. The minimum absolute atomic E-state index is 0.0893. The Morgan fingerprint density at radius 1 is 1.00 bits per heavy atom. The van der Waals surface area contributed by atoms with Crippen LogP contribution in [0.5, 0.6) is 0 Å². The number of hydrogen-bond acceptors (Lipinski definition) is 4. The predicted molar refractivity (Wildman–Crippen MR) is 79.7 cm³/mol. The number of aromatic nitrogens is 2. The first-order valence-electron chi connectivity index (χ1n) is 6.74. The number of carbonyl (C=O) groups excluding carboxylic acids is 1. The molecule has 2 N–H and O–H groups in total. The first kappa shape index (κ1) is 16.7. The van der Waals surface area contributed by atoms with Gasteiger partial charge in [0.15, 0.2) is 23.1 Å². The summed E-state index contributed by atoms with van der Waals surface area (Å²) < 4.78 is 39.5. The van der Waals surface area contributed by atoms with Crippen LogP contribution in [0.2, 0.25) is 0 Å². The minimum atomic E-state index is -1.65. The van der Waals surface area contributed by atoms with Crippen LogP contribution in [0.25, 0.3) is 0 Å². The van der Waals surface area contributed by atoms with E-state index < -0.39 is 29.0 Å². The highest BCUT2D eigenvalue weighted by Crippen LogP contribution is 2.20. The smallest absolute Gasteiger partial charge is 0.276 e. The summed E-state index contributed by atoms with van der Waals surface area (Å²) in [4.78, 5) is 11.9. The molecule has 0 radical (unpaired) electrons. The van der Waals surface area contributed by atoms with Gasteiger partial charge in [-0.25, -0.2) is 13.2 Å². The number of nitrogens with one attached hydrogen (secondary N) is 2. The first-order valence-corrected chi connectivity index (χ1v) is 6.74. The minimum Gasteiger partial charge on any atom is -0.364 e. The second-order valence-corrected chi connectivity index (χ2v) is 5.86. The van der Waals surface area contributed by atoms with E-state index >= 15 is 0 Å². The number of anilines is 2. The van der Waals surface area contributed by atoms with Gasteiger partial charge in [-0.3, -0.25) is 4.79 Å². The SMILES string of the molecule is CC(C)(C)Nc1ccc(C(=O)Nc2ccc(F)c(F)c2F)nn1. The van der Waals surface area contributed by atoms with Crippen molar-refractivity contribution < 1.29 is 18.0 Å². The molecule has 1 amide bonds. The second-order valence-electron chi connectivity index (χ2n) is 5.86. The van der Waals surface area contributed by atoms with Gasteiger partial charge in [0, 0.05) is 5.54 Å². The third-order valence-electron chi connectivity index (χ3n) is 2.68. The highest BCUT2D eigenvalue weighted by Gasteiger charge is 2.17. The van der Waals surface area contributed by atoms with Crippen LogP contribution in [-0.2, 0) is 0 Å². The van der Waals surface area contributed by atoms with Gasteiger partial charge in [-0.15, -0.1) is 10.2 Å². The number of amides is 1. The zero-order chi connectivity index (χ0) is 17.2. The average Bonchev–Trinajstić information content (AvgIpc) is 2.47. The van der Waals surface area contributed by atoms with E-state index in [2.05, 4.69) is 20.8 Å². The number of nitrogens with zero attached hydrogens (tertiary/aromatic N) is 2. The van der Waals surface area contributed by atoms with Crippen LogP contribution in [0, 0.1) is 17.5 Å². The Balaban J connectivity index is 2.14. The fourth-order valence-corrected chi connectivity index (χ4v) is 1.71. The molecule has 1 heterocycles. The molecule has 0 bridgehead atoms. The maximum absolute atomic E-state index is 13.5. The van der Waals surface area contributed by atoms with E-state index in [4.69, 9.17) is 0 Å². The Kier molecular flexibility index (Phi) is 4.53. The van der Waals surface area contributed by atoms with Crippen molar-refractivity contribution in [3.8, 4) is 0 Å². The number of rotatable bonds is 3. The molecule has 0 aliphatic carbocycles. The van der Waals surface area contributed by atoms with Gasteiger partial charge in [0.2, 0.25) is 0 Å². The fourth-order valence-electron chi connectivity index (χ4n) is 1.71. The van der Waals surface area contributed by atoms with Crippen molar-refractivity contribution in [2.75, 3.05) is 10.6 Å². The van der Waals surface area contributed by atoms with Crippen molar-refractivity contribution in [2.24, 2.45) is 0 Å². The van der Waals surface area contributed by atoms with Crippen molar-refractivity contribution in [3.63, 3.8) is 0 Å². The molecule has 2 aromatic rings. The molecule has 0 unspecified atom stereocenters. The Morgan fingerprint density at radius 3 is 2.26 bits per heavy atom. The molecular formula is C15H15F3N4O. The quantitative estimate of drug-likeness (QED) is 0.850. The van der Waals surface area contributed by atoms with E-state index in [0.717, 1.165) is 12.1 Å². The number of halogens is 3. The fraction of sp³-hybridized carbons (Fsp3) is 0.267. The van der Waals surface area contributed by atoms with Crippen LogP contribution in [0.3, 0.4) is 0 Å². The lowest BCUT2D eigenvalue weighted by Gasteiger charge is -2.20. The molecule has 5 nitrogen and oxygen atoms in total. The molecule has 1 aromatic heterocycles. The Bertz CT molecular complexity index is 727. The third kappa shape index (κ3) is 4.18. The molecule has 122 valence electrons. The van der Waals surface area contributed by atoms with Crippen molar-refractivity contribution in [2.45, 2.75) is 26.3 Å². The maximum Gasteiger partial charge on any atom is 0.276 e. The molecule has 0 atom stereocenters. The normalized spacial score (nSPS) is 11.2. The average molecular weight is 324 g/mol. The van der Waals surface area contributed by atoms with Gasteiger partial charge in [0.1, 0.15) is 5.82 Å². The maximum atomic E-state index is 13.5. The van der Waals surface area contributed by atoms with Crippen molar-refractivity contribution >= 4 is 17.4 Å². The summed E-state index contributed by atoms with van der Waals surface area (Å²) in [6, 6.07) is 4.56. The monoisotopic (exact) mass is 324 g/mol. The van der Waals surface area contributed by atoms with Gasteiger partial charge < -0.3 is 10.6 Å². The lowest BCUT2D eigenvalue weighted by molar-refractivity contribution is 0.102. The Hall–Kier alpha value is -2.64. The Labute approximate surface area is 130 Å². The van der Waals surface area contributed by atoms with Crippen molar-refractivity contribution in [1.82, 2.24) is 10.2 Å². The summed E-state index contributed by atoms with van der Waals surface area (Å²) in [5.74, 6) is -4.79. The number of hydrogen-bond donors (Lipinski definition) is 2. The van der Waals surface area contributed by atoms with Gasteiger partial charge in [0.05, 0.1) is 5.69 Å². The van der Waals surface area contributed by atoms with Gasteiger partial charge in [-0.2, -0.15) is 0 Å². The largest absolute Gasteiger partial charge is 0.364 e. The number of carbonyl (C=O) groups is 1. The van der Waals surface area contributed by atoms with Crippen molar-refractivity contribution in [1.29, 1.82) is 0 Å².